The Morgan fingerprint density at radius 3 is 2.77 bits per heavy atom. The average molecular weight is 303 g/mol. The quantitative estimate of drug-likeness (QED) is 0.652. The third-order valence-corrected chi connectivity index (χ3v) is 3.64. The van der Waals surface area contributed by atoms with Crippen LogP contribution in [-0.2, 0) is 11.3 Å². The van der Waals surface area contributed by atoms with Crippen molar-refractivity contribution in [2.75, 3.05) is 20.7 Å². The molecule has 0 aliphatic rings. The standard InChI is InChI=1S/C16H25N5O/c1-12-7-6-8-14-20-13(10-21(12)14)9-18-15(17-4)19-11-16(2,3)22-5/h6-8,10H,9,11H2,1-5H3,(H2,17,18,19). The molecule has 2 N–H and O–H groups in total. The highest BCUT2D eigenvalue weighted by molar-refractivity contribution is 5.79. The second-order valence-electron chi connectivity index (χ2n) is 5.87. The summed E-state index contributed by atoms with van der Waals surface area (Å²) >= 11 is 0. The molecule has 0 atom stereocenters. The molecule has 0 saturated heterocycles. The van der Waals surface area contributed by atoms with E-state index < -0.39 is 0 Å². The summed E-state index contributed by atoms with van der Waals surface area (Å²) in [5.74, 6) is 0.735. The van der Waals surface area contributed by atoms with Gasteiger partial charge in [-0.3, -0.25) is 4.99 Å². The highest BCUT2D eigenvalue weighted by Gasteiger charge is 2.16. The van der Waals surface area contributed by atoms with Gasteiger partial charge in [-0.25, -0.2) is 4.98 Å². The van der Waals surface area contributed by atoms with Crippen LogP contribution in [0.5, 0.6) is 0 Å². The molecular formula is C16H25N5O. The summed E-state index contributed by atoms with van der Waals surface area (Å²) in [6, 6.07) is 6.09. The molecule has 2 aromatic rings. The van der Waals surface area contributed by atoms with Crippen molar-refractivity contribution in [3.05, 3.63) is 35.8 Å². The van der Waals surface area contributed by atoms with Gasteiger partial charge in [-0.1, -0.05) is 6.07 Å². The van der Waals surface area contributed by atoms with Crippen molar-refractivity contribution in [1.29, 1.82) is 0 Å². The van der Waals surface area contributed by atoms with Crippen LogP contribution in [0.4, 0.5) is 0 Å². The second-order valence-corrected chi connectivity index (χ2v) is 5.87. The fraction of sp³-hybridized carbons (Fsp3) is 0.500. The summed E-state index contributed by atoms with van der Waals surface area (Å²) < 4.78 is 7.47. The van der Waals surface area contributed by atoms with E-state index in [9.17, 15) is 0 Å². The van der Waals surface area contributed by atoms with Crippen LogP contribution in [0.15, 0.2) is 29.4 Å². The Bertz CT molecular complexity index is 660. The van der Waals surface area contributed by atoms with Gasteiger partial charge in [-0.2, -0.15) is 0 Å². The molecule has 6 heteroatoms. The van der Waals surface area contributed by atoms with E-state index in [1.54, 1.807) is 14.2 Å². The lowest BCUT2D eigenvalue weighted by atomic mass is 10.1. The number of fused-ring (bicyclic) bond motifs is 1. The van der Waals surface area contributed by atoms with Crippen LogP contribution in [0.25, 0.3) is 5.65 Å². The summed E-state index contributed by atoms with van der Waals surface area (Å²) in [5.41, 5.74) is 2.86. The van der Waals surface area contributed by atoms with Gasteiger partial charge in [0.2, 0.25) is 0 Å². The van der Waals surface area contributed by atoms with Crippen molar-refractivity contribution < 1.29 is 4.74 Å². The van der Waals surface area contributed by atoms with Gasteiger partial charge >= 0.3 is 0 Å². The van der Waals surface area contributed by atoms with Crippen LogP contribution >= 0.6 is 0 Å². The number of hydrogen-bond acceptors (Lipinski definition) is 3. The normalized spacial score (nSPS) is 12.7. The molecule has 0 aromatic carbocycles. The van der Waals surface area contributed by atoms with Gasteiger partial charge in [0, 0.05) is 32.6 Å². The van der Waals surface area contributed by atoms with Crippen LogP contribution in [0.2, 0.25) is 0 Å². The SMILES string of the molecule is CN=C(NCc1cn2c(C)cccc2n1)NCC(C)(C)OC. The van der Waals surface area contributed by atoms with E-state index in [2.05, 4.69) is 38.0 Å². The smallest absolute Gasteiger partial charge is 0.191 e. The summed E-state index contributed by atoms with van der Waals surface area (Å²) in [6.07, 6.45) is 2.05. The number of aryl methyl sites for hydroxylation is 1. The number of imidazole rings is 1. The highest BCUT2D eigenvalue weighted by Crippen LogP contribution is 2.08. The number of ether oxygens (including phenoxy) is 1. The predicted octanol–water partition coefficient (Wildman–Crippen LogP) is 1.73. The molecule has 0 saturated carbocycles. The fourth-order valence-corrected chi connectivity index (χ4v) is 2.05. The minimum atomic E-state index is -0.238. The highest BCUT2D eigenvalue weighted by atomic mass is 16.5. The van der Waals surface area contributed by atoms with Crippen LogP contribution in [0, 0.1) is 6.92 Å². The maximum absolute atomic E-state index is 5.39. The molecule has 0 aliphatic carbocycles. The lowest BCUT2D eigenvalue weighted by Crippen LogP contribution is -2.45. The average Bonchev–Trinajstić information content (AvgIpc) is 2.92. The topological polar surface area (TPSA) is 63.0 Å². The molecule has 0 aliphatic heterocycles. The Balaban J connectivity index is 1.96. The van der Waals surface area contributed by atoms with Crippen molar-refractivity contribution in [3.63, 3.8) is 0 Å². The zero-order chi connectivity index (χ0) is 16.2. The number of hydrogen-bond donors (Lipinski definition) is 2. The molecule has 6 nitrogen and oxygen atoms in total. The first kappa shape index (κ1) is 16.3. The molecule has 0 unspecified atom stereocenters. The van der Waals surface area contributed by atoms with E-state index in [-0.39, 0.29) is 5.60 Å². The zero-order valence-electron chi connectivity index (χ0n) is 14.0. The van der Waals surface area contributed by atoms with Gasteiger partial charge in [-0.15, -0.1) is 0 Å². The third-order valence-electron chi connectivity index (χ3n) is 3.64. The fourth-order valence-electron chi connectivity index (χ4n) is 2.05. The van der Waals surface area contributed by atoms with E-state index >= 15 is 0 Å². The third kappa shape index (κ3) is 3.98. The number of methoxy groups -OCH3 is 1. The molecule has 2 aromatic heterocycles. The molecule has 2 heterocycles. The van der Waals surface area contributed by atoms with Crippen molar-refractivity contribution in [1.82, 2.24) is 20.0 Å². The number of nitrogens with one attached hydrogen (secondary N) is 2. The van der Waals surface area contributed by atoms with Crippen molar-refractivity contribution in [3.8, 4) is 0 Å². The van der Waals surface area contributed by atoms with Gasteiger partial charge in [0.1, 0.15) is 5.65 Å². The Labute approximate surface area is 131 Å². The van der Waals surface area contributed by atoms with E-state index in [4.69, 9.17) is 4.74 Å². The lowest BCUT2D eigenvalue weighted by Gasteiger charge is -2.24. The second kappa shape index (κ2) is 6.79. The van der Waals surface area contributed by atoms with Gasteiger partial charge in [0.25, 0.3) is 0 Å². The van der Waals surface area contributed by atoms with E-state index in [0.717, 1.165) is 17.3 Å². The lowest BCUT2D eigenvalue weighted by molar-refractivity contribution is 0.0268. The maximum atomic E-state index is 5.39. The van der Waals surface area contributed by atoms with Crippen molar-refractivity contribution in [2.45, 2.75) is 32.9 Å². The molecule has 120 valence electrons. The Hall–Kier alpha value is -2.08. The molecule has 2 rings (SSSR count). The number of pyridine rings is 1. The van der Waals surface area contributed by atoms with E-state index in [1.165, 1.54) is 5.69 Å². The van der Waals surface area contributed by atoms with Gasteiger partial charge in [0.05, 0.1) is 17.8 Å². The Morgan fingerprint density at radius 2 is 2.14 bits per heavy atom. The van der Waals surface area contributed by atoms with Crippen LogP contribution in [-0.4, -0.2) is 41.6 Å². The molecule has 0 spiro atoms. The number of rotatable bonds is 5. The maximum Gasteiger partial charge on any atom is 0.191 e. The van der Waals surface area contributed by atoms with Crippen molar-refractivity contribution >= 4 is 11.6 Å². The zero-order valence-corrected chi connectivity index (χ0v) is 14.0. The first-order valence-corrected chi connectivity index (χ1v) is 7.38. The van der Waals surface area contributed by atoms with Crippen LogP contribution in [0.3, 0.4) is 0 Å². The minimum absolute atomic E-state index is 0.238. The van der Waals surface area contributed by atoms with Gasteiger partial charge < -0.3 is 19.8 Å². The monoisotopic (exact) mass is 303 g/mol. The number of guanidine groups is 1. The van der Waals surface area contributed by atoms with E-state index in [1.807, 2.05) is 32.2 Å². The summed E-state index contributed by atoms with van der Waals surface area (Å²) in [5, 5.41) is 6.53. The summed E-state index contributed by atoms with van der Waals surface area (Å²) in [7, 11) is 3.46. The molecule has 0 radical (unpaired) electrons. The molecule has 0 amide bonds. The first-order valence-electron chi connectivity index (χ1n) is 7.38. The summed E-state index contributed by atoms with van der Waals surface area (Å²) in [4.78, 5) is 8.81. The number of nitrogens with zero attached hydrogens (tertiary/aromatic N) is 3. The molecular weight excluding hydrogens is 278 g/mol. The largest absolute Gasteiger partial charge is 0.377 e. The Kier molecular flexibility index (Phi) is 5.03. The van der Waals surface area contributed by atoms with Crippen molar-refractivity contribution in [2.24, 2.45) is 4.99 Å². The molecule has 0 fully saturated rings. The van der Waals surface area contributed by atoms with E-state index in [0.29, 0.717) is 13.1 Å². The van der Waals surface area contributed by atoms with Gasteiger partial charge in [0.15, 0.2) is 5.96 Å². The number of aromatic nitrogens is 2. The molecule has 22 heavy (non-hydrogen) atoms. The number of aliphatic imine (C=N–C) groups is 1. The minimum Gasteiger partial charge on any atom is -0.377 e. The first-order chi connectivity index (χ1) is 10.4. The molecule has 0 bridgehead atoms. The Morgan fingerprint density at radius 1 is 1.36 bits per heavy atom. The van der Waals surface area contributed by atoms with Crippen LogP contribution < -0.4 is 10.6 Å². The van der Waals surface area contributed by atoms with Gasteiger partial charge in [-0.05, 0) is 32.9 Å². The predicted molar refractivity (Wildman–Crippen MR) is 89.2 cm³/mol. The van der Waals surface area contributed by atoms with Crippen LogP contribution in [0.1, 0.15) is 25.2 Å². The summed E-state index contributed by atoms with van der Waals surface area (Å²) in [6.45, 7) is 7.41.